The van der Waals surface area contributed by atoms with E-state index in [1.165, 1.54) is 11.1 Å². The summed E-state index contributed by atoms with van der Waals surface area (Å²) in [4.78, 5) is 31.2. The molecular formula is C29H23N5O3. The Morgan fingerprint density at radius 1 is 0.784 bits per heavy atom. The smallest absolute Gasteiger partial charge is 0.279 e. The van der Waals surface area contributed by atoms with E-state index < -0.39 is 0 Å². The van der Waals surface area contributed by atoms with Crippen LogP contribution in [0.25, 0.3) is 44.7 Å². The highest BCUT2D eigenvalue weighted by molar-refractivity contribution is 5.96. The highest BCUT2D eigenvalue weighted by atomic mass is 16.6. The molecule has 2 aliphatic rings. The van der Waals surface area contributed by atoms with Crippen molar-refractivity contribution in [1.82, 2.24) is 19.9 Å². The van der Waals surface area contributed by atoms with E-state index in [0.717, 1.165) is 70.7 Å². The first-order chi connectivity index (χ1) is 17.9. The van der Waals surface area contributed by atoms with Crippen molar-refractivity contribution in [3.05, 3.63) is 80.0 Å². The quantitative estimate of drug-likeness (QED) is 0.233. The number of methoxy groups -OCH3 is 1. The Morgan fingerprint density at radius 2 is 1.38 bits per heavy atom. The summed E-state index contributed by atoms with van der Waals surface area (Å²) in [7, 11) is 1.56. The third-order valence-electron chi connectivity index (χ3n) is 7.56. The molecule has 4 heterocycles. The molecule has 1 aromatic carbocycles. The molecule has 0 amide bonds. The number of pyridine rings is 4. The molecule has 0 aliphatic heterocycles. The van der Waals surface area contributed by atoms with Gasteiger partial charge in [0.2, 0.25) is 0 Å². The number of nitrogens with zero attached hydrogens (tertiary/aromatic N) is 5. The monoisotopic (exact) mass is 489 g/mol. The average Bonchev–Trinajstić information content (AvgIpc) is 2.89. The normalized spacial score (nSPS) is 13.6. The summed E-state index contributed by atoms with van der Waals surface area (Å²) in [6, 6.07) is 12.0. The lowest BCUT2D eigenvalue weighted by molar-refractivity contribution is -0.383. The van der Waals surface area contributed by atoms with Gasteiger partial charge in [0.25, 0.3) is 5.69 Å². The summed E-state index contributed by atoms with van der Waals surface area (Å²) in [6.45, 7) is 3.80. The van der Waals surface area contributed by atoms with Gasteiger partial charge in [0.05, 0.1) is 40.2 Å². The van der Waals surface area contributed by atoms with Crippen LogP contribution >= 0.6 is 0 Å². The van der Waals surface area contributed by atoms with E-state index >= 15 is 0 Å². The van der Waals surface area contributed by atoms with Crippen molar-refractivity contribution in [2.45, 2.75) is 39.5 Å². The molecular weight excluding hydrogens is 466 g/mol. The molecule has 0 N–H and O–H groups in total. The van der Waals surface area contributed by atoms with E-state index in [1.807, 2.05) is 19.1 Å². The van der Waals surface area contributed by atoms with Gasteiger partial charge < -0.3 is 4.74 Å². The van der Waals surface area contributed by atoms with Gasteiger partial charge in [-0.05, 0) is 86.1 Å². The Hall–Kier alpha value is -4.46. The van der Waals surface area contributed by atoms with Crippen LogP contribution in [0, 0.1) is 24.0 Å². The van der Waals surface area contributed by atoms with E-state index in [9.17, 15) is 10.1 Å². The van der Waals surface area contributed by atoms with Gasteiger partial charge in [0, 0.05) is 22.7 Å². The third kappa shape index (κ3) is 3.21. The van der Waals surface area contributed by atoms with E-state index in [4.69, 9.17) is 24.7 Å². The van der Waals surface area contributed by atoms with Crippen molar-refractivity contribution in [1.29, 1.82) is 0 Å². The Labute approximate surface area is 212 Å². The summed E-state index contributed by atoms with van der Waals surface area (Å²) >= 11 is 0. The zero-order valence-corrected chi connectivity index (χ0v) is 20.8. The van der Waals surface area contributed by atoms with E-state index in [0.29, 0.717) is 27.9 Å². The number of hydrogen-bond acceptors (Lipinski definition) is 7. The SMILES string of the molecule is COc1c(C)cc([N+](=O)[O-])c2cc3c(nc12)-c1nc2nc4c(cc2cc1CC3)CCc1ccc(C)nc1-4. The number of rotatable bonds is 2. The molecule has 0 saturated carbocycles. The van der Waals surface area contributed by atoms with Crippen LogP contribution in [-0.4, -0.2) is 32.0 Å². The fourth-order valence-electron chi connectivity index (χ4n) is 5.78. The van der Waals surface area contributed by atoms with Crippen molar-refractivity contribution in [2.24, 2.45) is 0 Å². The van der Waals surface area contributed by atoms with E-state index in [2.05, 4.69) is 18.2 Å². The second-order valence-electron chi connectivity index (χ2n) is 9.89. The Bertz CT molecular complexity index is 1830. The number of aryl methyl sites for hydroxylation is 6. The van der Waals surface area contributed by atoms with Gasteiger partial charge >= 0.3 is 0 Å². The molecule has 4 aromatic heterocycles. The lowest BCUT2D eigenvalue weighted by Crippen LogP contribution is -2.11. The zero-order chi connectivity index (χ0) is 25.4. The summed E-state index contributed by atoms with van der Waals surface area (Å²) in [5, 5.41) is 13.3. The third-order valence-corrected chi connectivity index (χ3v) is 7.56. The molecule has 0 spiro atoms. The summed E-state index contributed by atoms with van der Waals surface area (Å²) in [6.07, 6.45) is 3.41. The van der Waals surface area contributed by atoms with Crippen LogP contribution in [0.4, 0.5) is 5.69 Å². The number of ether oxygens (including phenoxy) is 1. The van der Waals surface area contributed by atoms with Crippen molar-refractivity contribution in [3.63, 3.8) is 0 Å². The molecule has 0 bridgehead atoms. The largest absolute Gasteiger partial charge is 0.494 e. The van der Waals surface area contributed by atoms with Gasteiger partial charge in [-0.25, -0.2) is 15.0 Å². The Morgan fingerprint density at radius 3 is 2.03 bits per heavy atom. The number of fused-ring (bicyclic) bond motifs is 8. The van der Waals surface area contributed by atoms with Gasteiger partial charge in [0.15, 0.2) is 5.65 Å². The predicted molar refractivity (Wildman–Crippen MR) is 141 cm³/mol. The number of benzene rings is 1. The Kier molecular flexibility index (Phi) is 4.58. The maximum atomic E-state index is 11.8. The van der Waals surface area contributed by atoms with Crippen molar-refractivity contribution in [2.75, 3.05) is 7.11 Å². The van der Waals surface area contributed by atoms with Gasteiger partial charge in [-0.2, -0.15) is 0 Å². The van der Waals surface area contributed by atoms with Crippen LogP contribution < -0.4 is 4.74 Å². The van der Waals surface area contributed by atoms with Crippen LogP contribution in [-0.2, 0) is 25.7 Å². The highest BCUT2D eigenvalue weighted by Gasteiger charge is 2.27. The van der Waals surface area contributed by atoms with Crippen molar-refractivity contribution >= 4 is 27.6 Å². The predicted octanol–water partition coefficient (Wildman–Crippen LogP) is 5.64. The maximum absolute atomic E-state index is 11.8. The first-order valence-electron chi connectivity index (χ1n) is 12.4. The molecule has 0 fully saturated rings. The van der Waals surface area contributed by atoms with Crippen LogP contribution in [0.15, 0.2) is 36.4 Å². The molecule has 0 atom stereocenters. The molecule has 8 nitrogen and oxygen atoms in total. The van der Waals surface area contributed by atoms with Gasteiger partial charge in [0.1, 0.15) is 11.3 Å². The number of hydrogen-bond donors (Lipinski definition) is 0. The fourth-order valence-corrected chi connectivity index (χ4v) is 5.78. The fraction of sp³-hybridized carbons (Fsp3) is 0.241. The Balaban J connectivity index is 1.47. The second-order valence-corrected chi connectivity index (χ2v) is 9.89. The van der Waals surface area contributed by atoms with Crippen LogP contribution in [0.5, 0.6) is 5.75 Å². The van der Waals surface area contributed by atoms with Crippen molar-refractivity contribution in [3.8, 4) is 28.5 Å². The minimum atomic E-state index is -0.355. The minimum absolute atomic E-state index is 0.0376. The van der Waals surface area contributed by atoms with Gasteiger partial charge in [-0.3, -0.25) is 15.1 Å². The molecule has 182 valence electrons. The van der Waals surface area contributed by atoms with Crippen LogP contribution in [0.3, 0.4) is 0 Å². The first kappa shape index (κ1) is 21.8. The molecule has 0 radical (unpaired) electrons. The molecule has 0 saturated heterocycles. The number of nitro groups is 1. The number of nitro benzene ring substituents is 1. The van der Waals surface area contributed by atoms with Crippen LogP contribution in [0.2, 0.25) is 0 Å². The molecule has 2 aliphatic carbocycles. The zero-order valence-electron chi connectivity index (χ0n) is 20.8. The minimum Gasteiger partial charge on any atom is -0.494 e. The number of non-ortho nitro benzene ring substituents is 1. The lowest BCUT2D eigenvalue weighted by atomic mass is 9.89. The molecule has 8 heteroatoms. The van der Waals surface area contributed by atoms with Crippen LogP contribution in [0.1, 0.15) is 33.5 Å². The van der Waals surface area contributed by atoms with Gasteiger partial charge in [-0.1, -0.05) is 6.07 Å². The van der Waals surface area contributed by atoms with E-state index in [1.54, 1.807) is 20.1 Å². The topological polar surface area (TPSA) is 104 Å². The number of aromatic nitrogens is 4. The maximum Gasteiger partial charge on any atom is 0.279 e. The highest BCUT2D eigenvalue weighted by Crippen LogP contribution is 2.41. The standard InChI is InChI=1S/C29H23N5O3/c1-14-10-22(34(35)36)21-13-19-9-8-18-12-20-11-17-7-6-16-5-4-15(2)30-23(16)25(17)32-29(20)33-26(18)24(19)31-27(21)28(14)37-3/h4-5,10-13H,6-9H2,1-3H3. The summed E-state index contributed by atoms with van der Waals surface area (Å²) in [5.41, 5.74) is 10.7. The molecule has 5 aromatic rings. The molecule has 7 rings (SSSR count). The van der Waals surface area contributed by atoms with Crippen molar-refractivity contribution < 1.29 is 9.66 Å². The summed E-state index contributed by atoms with van der Waals surface area (Å²) in [5.74, 6) is 0.543. The first-order valence-corrected chi connectivity index (χ1v) is 12.4. The van der Waals surface area contributed by atoms with E-state index in [-0.39, 0.29) is 10.6 Å². The molecule has 37 heavy (non-hydrogen) atoms. The second kappa shape index (κ2) is 7.77. The average molecular weight is 490 g/mol. The van der Waals surface area contributed by atoms with Gasteiger partial charge in [-0.15, -0.1) is 0 Å². The molecule has 0 unspecified atom stereocenters. The summed E-state index contributed by atoms with van der Waals surface area (Å²) < 4.78 is 5.62. The lowest BCUT2D eigenvalue weighted by Gasteiger charge is -2.22.